The lowest BCUT2D eigenvalue weighted by atomic mass is 10.1. The molecule has 0 spiro atoms. The molecule has 7 heteroatoms. The first-order chi connectivity index (χ1) is 15.5. The topological polar surface area (TPSA) is 63.0 Å². The quantitative estimate of drug-likeness (QED) is 0.421. The normalized spacial score (nSPS) is 23.4. The molecular weight excluding hydrogens is 409 g/mol. The van der Waals surface area contributed by atoms with Crippen LogP contribution in [0.4, 0.5) is 4.39 Å². The number of halogens is 1. The molecule has 4 N–H and O–H groups in total. The molecule has 2 saturated heterocycles. The zero-order valence-electron chi connectivity index (χ0n) is 19.1. The van der Waals surface area contributed by atoms with Gasteiger partial charge in [0.2, 0.25) is 0 Å². The van der Waals surface area contributed by atoms with Gasteiger partial charge in [0, 0.05) is 31.0 Å². The number of aliphatic hydroxyl groups excluding tert-OH is 1. The van der Waals surface area contributed by atoms with Gasteiger partial charge in [0.15, 0.2) is 0 Å². The lowest BCUT2D eigenvalue weighted by Crippen LogP contribution is -3.13. The number of aliphatic hydroxyl groups is 1. The second-order valence-electron chi connectivity index (χ2n) is 9.15. The molecule has 0 saturated carbocycles. The molecule has 2 aliphatic rings. The Morgan fingerprint density at radius 3 is 2.81 bits per heavy atom. The van der Waals surface area contributed by atoms with Crippen molar-refractivity contribution in [3.8, 4) is 11.5 Å². The zero-order chi connectivity index (χ0) is 22.5. The molecule has 2 aliphatic heterocycles. The molecule has 0 amide bonds. The van der Waals surface area contributed by atoms with Crippen molar-refractivity contribution < 1.29 is 29.2 Å². The number of likely N-dealkylation sites (N-methyl/N-ethyl adjacent to an activating group) is 1. The molecule has 2 bridgehead atoms. The summed E-state index contributed by atoms with van der Waals surface area (Å²) >= 11 is 0. The highest BCUT2D eigenvalue weighted by Gasteiger charge is 2.45. The molecule has 6 nitrogen and oxygen atoms in total. The average molecular weight is 446 g/mol. The monoisotopic (exact) mass is 445 g/mol. The molecule has 0 aliphatic carbocycles. The van der Waals surface area contributed by atoms with Crippen LogP contribution in [0.2, 0.25) is 0 Å². The maximum atomic E-state index is 13.8. The van der Waals surface area contributed by atoms with Gasteiger partial charge in [-0.1, -0.05) is 18.2 Å². The third kappa shape index (κ3) is 5.59. The number of fused-ring (bicyclic) bond motifs is 2. The number of hydrogen-bond acceptors (Lipinski definition) is 4. The van der Waals surface area contributed by atoms with Crippen LogP contribution >= 0.6 is 0 Å². The molecule has 32 heavy (non-hydrogen) atoms. The van der Waals surface area contributed by atoms with Crippen LogP contribution in [0.1, 0.15) is 17.5 Å². The highest BCUT2D eigenvalue weighted by atomic mass is 19.1. The molecule has 4 rings (SSSR count). The third-order valence-corrected chi connectivity index (χ3v) is 6.87. The Morgan fingerprint density at radius 1 is 1.25 bits per heavy atom. The molecule has 2 fully saturated rings. The van der Waals surface area contributed by atoms with E-state index >= 15 is 0 Å². The molecular formula is C25H36FN3O3+2. The Balaban J connectivity index is 1.28. The minimum Gasteiger partial charge on any atom is -0.497 e. The summed E-state index contributed by atoms with van der Waals surface area (Å²) in [6.45, 7) is 4.64. The number of methoxy groups -OCH3 is 1. The van der Waals surface area contributed by atoms with E-state index in [4.69, 9.17) is 9.47 Å². The smallest absolute Gasteiger partial charge is 0.131 e. The van der Waals surface area contributed by atoms with Gasteiger partial charge in [0.25, 0.3) is 0 Å². The Hall–Kier alpha value is -2.19. The van der Waals surface area contributed by atoms with Gasteiger partial charge in [-0.15, -0.1) is 0 Å². The molecule has 0 aromatic heterocycles. The minimum absolute atomic E-state index is 0.150. The number of benzene rings is 2. The summed E-state index contributed by atoms with van der Waals surface area (Å²) in [5.41, 5.74) is 1.78. The first-order valence-corrected chi connectivity index (χ1v) is 11.6. The number of β-amino-alcohol motifs (C(OH)–C–C–N with tert-alkyl or cyclic N) is 1. The van der Waals surface area contributed by atoms with Crippen LogP contribution in [0.25, 0.3) is 0 Å². The van der Waals surface area contributed by atoms with Gasteiger partial charge in [-0.05, 0) is 23.8 Å². The van der Waals surface area contributed by atoms with Crippen molar-refractivity contribution in [2.45, 2.75) is 37.6 Å². The van der Waals surface area contributed by atoms with Crippen molar-refractivity contribution in [2.75, 3.05) is 46.9 Å². The Bertz CT molecular complexity index is 894. The largest absolute Gasteiger partial charge is 0.497 e. The Labute approximate surface area is 189 Å². The summed E-state index contributed by atoms with van der Waals surface area (Å²) in [6.07, 6.45) is 1.38. The van der Waals surface area contributed by atoms with Gasteiger partial charge < -0.3 is 24.8 Å². The number of rotatable bonds is 11. The summed E-state index contributed by atoms with van der Waals surface area (Å²) in [5.74, 6) is 1.31. The molecule has 4 atom stereocenters. The van der Waals surface area contributed by atoms with Crippen LogP contribution < -0.4 is 19.7 Å². The van der Waals surface area contributed by atoms with Crippen LogP contribution in [0.5, 0.6) is 11.5 Å². The fourth-order valence-electron chi connectivity index (χ4n) is 5.01. The SMILES string of the molecule is COc1ccc(C[NH2+]CCc2ccccc2F)c(OCC(O)CN2C[C@H]3C[C@@H]2C[NH+]3C)c1. The molecule has 2 unspecified atom stereocenters. The van der Waals surface area contributed by atoms with Gasteiger partial charge in [-0.2, -0.15) is 0 Å². The predicted molar refractivity (Wildman–Crippen MR) is 121 cm³/mol. The van der Waals surface area contributed by atoms with E-state index < -0.39 is 6.10 Å². The maximum Gasteiger partial charge on any atom is 0.131 e. The Morgan fingerprint density at radius 2 is 2.09 bits per heavy atom. The van der Waals surface area contributed by atoms with Gasteiger partial charge in [-0.3, -0.25) is 4.90 Å². The first kappa shape index (κ1) is 23.0. The number of nitrogens with zero attached hydrogens (tertiary/aromatic N) is 1. The standard InChI is InChI=1S/C25H34FN3O3/c1-28-14-21-11-20(28)15-29(21)16-22(30)17-32-25-12-23(31-2)8-7-19(25)13-27-10-9-18-5-3-4-6-24(18)26/h3-8,12,20-22,27,30H,9-11,13-17H2,1-2H3/p+2/t20-,21-,22?/m1/s1. The van der Waals surface area contributed by atoms with E-state index in [2.05, 4.69) is 17.3 Å². The van der Waals surface area contributed by atoms with Crippen LogP contribution in [-0.4, -0.2) is 75.1 Å². The predicted octanol–water partition coefficient (Wildman–Crippen LogP) is -0.149. The number of piperazine rings is 1. The van der Waals surface area contributed by atoms with Crippen molar-refractivity contribution >= 4 is 0 Å². The average Bonchev–Trinajstić information content (AvgIpc) is 3.35. The van der Waals surface area contributed by atoms with E-state index in [0.29, 0.717) is 25.0 Å². The summed E-state index contributed by atoms with van der Waals surface area (Å²) in [6, 6.07) is 14.0. The van der Waals surface area contributed by atoms with Crippen LogP contribution in [-0.2, 0) is 13.0 Å². The fraction of sp³-hybridized carbons (Fsp3) is 0.520. The summed E-state index contributed by atoms with van der Waals surface area (Å²) in [7, 11) is 3.90. The van der Waals surface area contributed by atoms with E-state index in [1.807, 2.05) is 30.3 Å². The molecule has 0 radical (unpaired) electrons. The van der Waals surface area contributed by atoms with E-state index in [1.54, 1.807) is 18.1 Å². The van der Waals surface area contributed by atoms with E-state index in [9.17, 15) is 9.50 Å². The molecule has 2 aromatic rings. The lowest BCUT2D eigenvalue weighted by molar-refractivity contribution is -0.896. The van der Waals surface area contributed by atoms with Gasteiger partial charge >= 0.3 is 0 Å². The highest BCUT2D eigenvalue weighted by Crippen LogP contribution is 2.25. The second kappa shape index (κ2) is 10.6. The van der Waals surface area contributed by atoms with Crippen LogP contribution in [0.15, 0.2) is 42.5 Å². The molecule has 174 valence electrons. The molecule has 2 heterocycles. The summed E-state index contributed by atoms with van der Waals surface area (Å²) in [5, 5.41) is 12.8. The number of hydrogen-bond donors (Lipinski definition) is 3. The minimum atomic E-state index is -0.529. The third-order valence-electron chi connectivity index (χ3n) is 6.87. The number of quaternary nitrogens is 2. The number of likely N-dealkylation sites (tertiary alicyclic amines) is 2. The highest BCUT2D eigenvalue weighted by molar-refractivity contribution is 5.40. The molecule has 2 aromatic carbocycles. The van der Waals surface area contributed by atoms with Crippen LogP contribution in [0, 0.1) is 5.82 Å². The van der Waals surface area contributed by atoms with Crippen LogP contribution in [0.3, 0.4) is 0 Å². The van der Waals surface area contributed by atoms with Crippen molar-refractivity contribution in [2.24, 2.45) is 0 Å². The number of ether oxygens (including phenoxy) is 2. The first-order valence-electron chi connectivity index (χ1n) is 11.6. The fourth-order valence-corrected chi connectivity index (χ4v) is 5.01. The van der Waals surface area contributed by atoms with Crippen molar-refractivity contribution in [3.05, 3.63) is 59.4 Å². The number of nitrogens with two attached hydrogens (primary N) is 1. The number of nitrogens with one attached hydrogen (secondary N) is 1. The van der Waals surface area contributed by atoms with Crippen molar-refractivity contribution in [3.63, 3.8) is 0 Å². The van der Waals surface area contributed by atoms with E-state index in [0.717, 1.165) is 42.3 Å². The lowest BCUT2D eigenvalue weighted by Gasteiger charge is -2.30. The van der Waals surface area contributed by atoms with Crippen molar-refractivity contribution in [1.29, 1.82) is 0 Å². The van der Waals surface area contributed by atoms with Gasteiger partial charge in [-0.25, -0.2) is 4.39 Å². The zero-order valence-corrected chi connectivity index (χ0v) is 19.1. The van der Waals surface area contributed by atoms with E-state index in [1.165, 1.54) is 19.0 Å². The van der Waals surface area contributed by atoms with Gasteiger partial charge in [0.05, 0.1) is 39.8 Å². The summed E-state index contributed by atoms with van der Waals surface area (Å²) in [4.78, 5) is 4.03. The summed E-state index contributed by atoms with van der Waals surface area (Å²) < 4.78 is 25.2. The van der Waals surface area contributed by atoms with Gasteiger partial charge in [0.1, 0.15) is 42.6 Å². The van der Waals surface area contributed by atoms with Crippen molar-refractivity contribution in [1.82, 2.24) is 4.90 Å². The second-order valence-corrected chi connectivity index (χ2v) is 9.15. The maximum absolute atomic E-state index is 13.8. The van der Waals surface area contributed by atoms with E-state index in [-0.39, 0.29) is 12.4 Å². The Kier molecular flexibility index (Phi) is 7.63.